The number of aryl methyl sites for hydroxylation is 1. The molecule has 0 spiro atoms. The molecule has 2 amide bonds. The predicted molar refractivity (Wildman–Crippen MR) is 135 cm³/mol. The summed E-state index contributed by atoms with van der Waals surface area (Å²) in [4.78, 5) is 35.2. The highest BCUT2D eigenvalue weighted by molar-refractivity contribution is 6.34. The van der Waals surface area contributed by atoms with E-state index < -0.39 is 5.91 Å². The van der Waals surface area contributed by atoms with E-state index in [4.69, 9.17) is 26.9 Å². The average molecular weight is 488 g/mol. The number of nitrogens with one attached hydrogen (secondary N) is 2. The molecule has 10 heteroatoms. The van der Waals surface area contributed by atoms with Gasteiger partial charge in [-0.05, 0) is 62.5 Å². The van der Waals surface area contributed by atoms with Gasteiger partial charge in [-0.25, -0.2) is 0 Å². The first-order valence-electron chi connectivity index (χ1n) is 10.4. The lowest BCUT2D eigenvalue weighted by Crippen LogP contribution is -2.27. The number of aliphatic imine (C=N–C) groups is 1. The predicted octanol–water partition coefficient (Wildman–Crippen LogP) is 2.78. The number of amidine groups is 1. The van der Waals surface area contributed by atoms with E-state index in [1.54, 1.807) is 56.4 Å². The molecule has 0 radical (unpaired) electrons. The van der Waals surface area contributed by atoms with Crippen LogP contribution in [-0.2, 0) is 20.8 Å². The fraction of sp³-hybridized carbons (Fsp3) is 0.292. The Balaban J connectivity index is 2.15. The van der Waals surface area contributed by atoms with Crippen LogP contribution in [-0.4, -0.2) is 57.4 Å². The number of hydrogen-bond acceptors (Lipinski definition) is 6. The molecule has 0 saturated heterocycles. The van der Waals surface area contributed by atoms with Gasteiger partial charge >= 0.3 is 0 Å². The second-order valence-corrected chi connectivity index (χ2v) is 8.17. The van der Waals surface area contributed by atoms with Gasteiger partial charge in [0.25, 0.3) is 5.91 Å². The largest absolute Gasteiger partial charge is 0.497 e. The summed E-state index contributed by atoms with van der Waals surface area (Å²) in [6.07, 6.45) is 1.50. The molecule has 0 aliphatic carbocycles. The van der Waals surface area contributed by atoms with Crippen molar-refractivity contribution in [3.63, 3.8) is 0 Å². The molecule has 0 unspecified atom stereocenters. The second kappa shape index (κ2) is 12.7. The lowest BCUT2D eigenvalue weighted by atomic mass is 10.1. The molecule has 0 bridgehead atoms. The Morgan fingerprint density at radius 1 is 1.18 bits per heavy atom. The third-order valence-corrected chi connectivity index (χ3v) is 4.89. The standard InChI is InChI=1S/C24H30ClN5O4/c1-15-10-16(11-19(25)24(15)28-23(32)14-30(2)3)12-21(26)27-22(31)13-20(29-34-5)17-6-8-18(33-4)9-7-17/h6-11,13,29H,12,14H2,1-5H3,(H,28,32)(H2,26,27,31). The van der Waals surface area contributed by atoms with Gasteiger partial charge in [-0.2, -0.15) is 4.99 Å². The van der Waals surface area contributed by atoms with Crippen molar-refractivity contribution in [1.29, 1.82) is 0 Å². The van der Waals surface area contributed by atoms with Crippen LogP contribution in [0.25, 0.3) is 5.70 Å². The van der Waals surface area contributed by atoms with Gasteiger partial charge in [-0.3, -0.25) is 19.9 Å². The zero-order chi connectivity index (χ0) is 25.3. The maximum Gasteiger partial charge on any atom is 0.273 e. The molecule has 2 aromatic carbocycles. The fourth-order valence-electron chi connectivity index (χ4n) is 3.14. The lowest BCUT2D eigenvalue weighted by Gasteiger charge is -2.14. The summed E-state index contributed by atoms with van der Waals surface area (Å²) < 4.78 is 5.15. The van der Waals surface area contributed by atoms with Crippen LogP contribution in [0.3, 0.4) is 0 Å². The summed E-state index contributed by atoms with van der Waals surface area (Å²) in [6, 6.07) is 10.6. The Morgan fingerprint density at radius 3 is 2.41 bits per heavy atom. The van der Waals surface area contributed by atoms with Crippen LogP contribution >= 0.6 is 11.6 Å². The van der Waals surface area contributed by atoms with Gasteiger partial charge < -0.3 is 20.7 Å². The molecule has 0 aromatic heterocycles. The Hall–Kier alpha value is -3.40. The zero-order valence-electron chi connectivity index (χ0n) is 19.9. The number of halogens is 1. The van der Waals surface area contributed by atoms with Crippen molar-refractivity contribution in [2.24, 2.45) is 10.7 Å². The van der Waals surface area contributed by atoms with Crippen LogP contribution in [0, 0.1) is 6.92 Å². The van der Waals surface area contributed by atoms with Crippen LogP contribution in [0.5, 0.6) is 5.75 Å². The highest BCUT2D eigenvalue weighted by Crippen LogP contribution is 2.28. The SMILES string of the molecule is CONC(=CC(=O)N=C(N)Cc1cc(C)c(NC(=O)CN(C)C)c(Cl)c1)c1ccc(OC)cc1. The molecular formula is C24H30ClN5O4. The van der Waals surface area contributed by atoms with Gasteiger partial charge in [-0.15, -0.1) is 0 Å². The van der Waals surface area contributed by atoms with Gasteiger partial charge in [-0.1, -0.05) is 17.7 Å². The molecule has 2 aromatic rings. The average Bonchev–Trinajstić information content (AvgIpc) is 2.75. The third-order valence-electron chi connectivity index (χ3n) is 4.59. The van der Waals surface area contributed by atoms with E-state index in [9.17, 15) is 9.59 Å². The Morgan fingerprint density at radius 2 is 1.85 bits per heavy atom. The van der Waals surface area contributed by atoms with Crippen molar-refractivity contribution in [2.45, 2.75) is 13.3 Å². The van der Waals surface area contributed by atoms with Crippen molar-refractivity contribution >= 4 is 40.6 Å². The van der Waals surface area contributed by atoms with Crippen molar-refractivity contribution < 1.29 is 19.2 Å². The van der Waals surface area contributed by atoms with Gasteiger partial charge in [0, 0.05) is 18.1 Å². The molecular weight excluding hydrogens is 458 g/mol. The number of hydrogen-bond donors (Lipinski definition) is 3. The highest BCUT2D eigenvalue weighted by Gasteiger charge is 2.12. The number of anilines is 1. The lowest BCUT2D eigenvalue weighted by molar-refractivity contribution is -0.117. The summed E-state index contributed by atoms with van der Waals surface area (Å²) in [5.74, 6) is 0.0840. The zero-order valence-corrected chi connectivity index (χ0v) is 20.7. The minimum Gasteiger partial charge on any atom is -0.497 e. The van der Waals surface area contributed by atoms with Crippen molar-refractivity contribution in [2.75, 3.05) is 40.2 Å². The molecule has 34 heavy (non-hydrogen) atoms. The van der Waals surface area contributed by atoms with Gasteiger partial charge in [0.15, 0.2) is 0 Å². The quantitative estimate of drug-likeness (QED) is 0.204. The van der Waals surface area contributed by atoms with Gasteiger partial charge in [0.05, 0.1) is 37.2 Å². The maximum absolute atomic E-state index is 12.5. The summed E-state index contributed by atoms with van der Waals surface area (Å²) in [5, 5.41) is 3.20. The number of rotatable bonds is 10. The minimum absolute atomic E-state index is 0.118. The van der Waals surface area contributed by atoms with Gasteiger partial charge in [0.1, 0.15) is 11.6 Å². The number of likely N-dealkylation sites (N-methyl/N-ethyl adjacent to an activating group) is 1. The summed E-state index contributed by atoms with van der Waals surface area (Å²) in [6.45, 7) is 2.07. The number of benzene rings is 2. The van der Waals surface area contributed by atoms with Crippen molar-refractivity contribution in [1.82, 2.24) is 10.4 Å². The number of carbonyl (C=O) groups excluding carboxylic acids is 2. The van der Waals surface area contributed by atoms with E-state index in [-0.39, 0.29) is 24.7 Å². The number of methoxy groups -OCH3 is 1. The van der Waals surface area contributed by atoms with Gasteiger partial charge in [0.2, 0.25) is 5.91 Å². The first-order valence-corrected chi connectivity index (χ1v) is 10.8. The second-order valence-electron chi connectivity index (χ2n) is 7.77. The highest BCUT2D eigenvalue weighted by atomic mass is 35.5. The monoisotopic (exact) mass is 487 g/mol. The number of hydroxylamine groups is 1. The third kappa shape index (κ3) is 8.18. The number of amides is 2. The van der Waals surface area contributed by atoms with E-state index in [1.165, 1.54) is 13.2 Å². The summed E-state index contributed by atoms with van der Waals surface area (Å²) in [7, 11) is 6.63. The fourth-order valence-corrected chi connectivity index (χ4v) is 3.48. The molecule has 182 valence electrons. The molecule has 0 aliphatic heterocycles. The van der Waals surface area contributed by atoms with Crippen molar-refractivity contribution in [3.05, 3.63) is 64.2 Å². The molecule has 9 nitrogen and oxygen atoms in total. The topological polar surface area (TPSA) is 118 Å². The van der Waals surface area contributed by atoms with Crippen LogP contribution in [0.2, 0.25) is 5.02 Å². The Labute approximate surface area is 204 Å². The molecule has 0 aliphatic rings. The molecule has 0 saturated carbocycles. The van der Waals surface area contributed by atoms with E-state index in [0.717, 1.165) is 11.1 Å². The summed E-state index contributed by atoms with van der Waals surface area (Å²) >= 11 is 6.38. The molecule has 2 rings (SSSR count). The van der Waals surface area contributed by atoms with Crippen LogP contribution < -0.4 is 21.3 Å². The van der Waals surface area contributed by atoms with Crippen LogP contribution in [0.1, 0.15) is 16.7 Å². The first kappa shape index (κ1) is 26.8. The molecule has 0 fully saturated rings. The number of nitrogens with two attached hydrogens (primary N) is 1. The van der Waals surface area contributed by atoms with E-state index in [0.29, 0.717) is 27.7 Å². The number of nitrogens with zero attached hydrogens (tertiary/aromatic N) is 2. The molecule has 0 atom stereocenters. The van der Waals surface area contributed by atoms with Crippen LogP contribution in [0.4, 0.5) is 5.69 Å². The first-order chi connectivity index (χ1) is 16.1. The Bertz CT molecular complexity index is 1060. The Kier molecular flexibility index (Phi) is 10.1. The minimum atomic E-state index is -0.553. The normalized spacial score (nSPS) is 12.0. The maximum atomic E-state index is 12.5. The number of ether oxygens (including phenoxy) is 1. The van der Waals surface area contributed by atoms with Crippen molar-refractivity contribution in [3.8, 4) is 5.75 Å². The van der Waals surface area contributed by atoms with E-state index >= 15 is 0 Å². The molecule has 4 N–H and O–H groups in total. The summed E-state index contributed by atoms with van der Waals surface area (Å²) in [5.41, 5.74) is 11.9. The van der Waals surface area contributed by atoms with Crippen LogP contribution in [0.15, 0.2) is 47.5 Å². The smallest absolute Gasteiger partial charge is 0.273 e. The van der Waals surface area contributed by atoms with E-state index in [2.05, 4.69) is 15.8 Å². The molecule has 0 heterocycles. The number of carbonyl (C=O) groups is 2. The van der Waals surface area contributed by atoms with E-state index in [1.807, 2.05) is 13.0 Å².